The Morgan fingerprint density at radius 1 is 1.38 bits per heavy atom. The summed E-state index contributed by atoms with van der Waals surface area (Å²) in [6, 6.07) is 6.15. The number of hydrogen-bond donors (Lipinski definition) is 2. The van der Waals surface area contributed by atoms with Gasteiger partial charge in [0.2, 0.25) is 0 Å². The molecule has 2 aromatic rings. The van der Waals surface area contributed by atoms with Crippen LogP contribution in [0.1, 0.15) is 31.7 Å². The summed E-state index contributed by atoms with van der Waals surface area (Å²) < 4.78 is 0. The standard InChI is InChI=1S/C19H25N3O2/c1-12(2)8-13-4-3-5-15-11-21-17(22-18(13)15)9-16(19(23)24)14-6-7-20-10-14/h3-5,11-12,14,16,20H,6-10H2,1-2H3,(H,23,24). The minimum absolute atomic E-state index is 0.160. The molecule has 0 aliphatic carbocycles. The quantitative estimate of drug-likeness (QED) is 0.853. The summed E-state index contributed by atoms with van der Waals surface area (Å²) in [5.41, 5.74) is 2.17. The average molecular weight is 327 g/mol. The molecule has 2 heterocycles. The van der Waals surface area contributed by atoms with Crippen molar-refractivity contribution in [3.05, 3.63) is 35.8 Å². The highest BCUT2D eigenvalue weighted by molar-refractivity contribution is 5.81. The van der Waals surface area contributed by atoms with Gasteiger partial charge < -0.3 is 10.4 Å². The fourth-order valence-corrected chi connectivity index (χ4v) is 3.53. The first kappa shape index (κ1) is 16.8. The molecule has 5 heteroatoms. The SMILES string of the molecule is CC(C)Cc1cccc2cnc(CC(C(=O)O)C3CCNC3)nc12. The number of nitrogens with zero attached hydrogens (tertiary/aromatic N) is 2. The number of fused-ring (bicyclic) bond motifs is 1. The van der Waals surface area contributed by atoms with Crippen LogP contribution in [-0.2, 0) is 17.6 Å². The van der Waals surface area contributed by atoms with Crippen LogP contribution in [0.3, 0.4) is 0 Å². The normalized spacial score (nSPS) is 19.0. The number of hydrogen-bond acceptors (Lipinski definition) is 4. The van der Waals surface area contributed by atoms with Crippen molar-refractivity contribution in [3.63, 3.8) is 0 Å². The lowest BCUT2D eigenvalue weighted by molar-refractivity contribution is -0.143. The number of benzene rings is 1. The van der Waals surface area contributed by atoms with Crippen LogP contribution >= 0.6 is 0 Å². The van der Waals surface area contributed by atoms with Crippen LogP contribution in [0.5, 0.6) is 0 Å². The van der Waals surface area contributed by atoms with Crippen LogP contribution in [0.15, 0.2) is 24.4 Å². The average Bonchev–Trinajstić information content (AvgIpc) is 3.06. The van der Waals surface area contributed by atoms with Crippen LogP contribution in [0.4, 0.5) is 0 Å². The van der Waals surface area contributed by atoms with Crippen LogP contribution in [-0.4, -0.2) is 34.1 Å². The summed E-state index contributed by atoms with van der Waals surface area (Å²) in [6.45, 7) is 6.04. The minimum atomic E-state index is -0.747. The van der Waals surface area contributed by atoms with E-state index in [1.165, 1.54) is 5.56 Å². The summed E-state index contributed by atoms with van der Waals surface area (Å²) in [4.78, 5) is 20.8. The maximum absolute atomic E-state index is 11.7. The minimum Gasteiger partial charge on any atom is -0.481 e. The first-order valence-corrected chi connectivity index (χ1v) is 8.71. The van der Waals surface area contributed by atoms with Gasteiger partial charge >= 0.3 is 5.97 Å². The van der Waals surface area contributed by atoms with E-state index >= 15 is 0 Å². The maximum Gasteiger partial charge on any atom is 0.307 e. The Morgan fingerprint density at radius 2 is 2.21 bits per heavy atom. The zero-order valence-corrected chi connectivity index (χ0v) is 14.3. The van der Waals surface area contributed by atoms with E-state index in [0.29, 0.717) is 18.2 Å². The van der Waals surface area contributed by atoms with Crippen molar-refractivity contribution in [3.8, 4) is 0 Å². The molecule has 3 rings (SSSR count). The van der Waals surface area contributed by atoms with E-state index in [1.807, 2.05) is 18.3 Å². The Hall–Kier alpha value is -2.01. The number of carboxylic acid groups (broad SMARTS) is 1. The van der Waals surface area contributed by atoms with E-state index in [1.54, 1.807) is 0 Å². The van der Waals surface area contributed by atoms with Crippen molar-refractivity contribution >= 4 is 16.9 Å². The Bertz CT molecular complexity index is 724. The van der Waals surface area contributed by atoms with Crippen LogP contribution < -0.4 is 5.32 Å². The molecule has 1 saturated heterocycles. The number of aliphatic carboxylic acids is 1. The summed E-state index contributed by atoms with van der Waals surface area (Å²) in [5, 5.41) is 13.9. The van der Waals surface area contributed by atoms with Gasteiger partial charge in [-0.15, -0.1) is 0 Å². The van der Waals surface area contributed by atoms with Crippen molar-refractivity contribution in [1.82, 2.24) is 15.3 Å². The number of aromatic nitrogens is 2. The zero-order valence-electron chi connectivity index (χ0n) is 14.3. The Labute approximate surface area is 142 Å². The molecule has 1 fully saturated rings. The largest absolute Gasteiger partial charge is 0.481 e. The number of nitrogens with one attached hydrogen (secondary N) is 1. The molecule has 0 saturated carbocycles. The van der Waals surface area contributed by atoms with E-state index in [2.05, 4.69) is 30.2 Å². The molecule has 0 spiro atoms. The molecule has 2 N–H and O–H groups in total. The third kappa shape index (κ3) is 3.73. The third-order valence-corrected chi connectivity index (χ3v) is 4.76. The molecular weight excluding hydrogens is 302 g/mol. The zero-order chi connectivity index (χ0) is 17.1. The first-order valence-electron chi connectivity index (χ1n) is 8.71. The van der Waals surface area contributed by atoms with Crippen LogP contribution in [0, 0.1) is 17.8 Å². The lowest BCUT2D eigenvalue weighted by Crippen LogP contribution is -2.28. The lowest BCUT2D eigenvalue weighted by Gasteiger charge is -2.18. The van der Waals surface area contributed by atoms with Gasteiger partial charge in [0.15, 0.2) is 0 Å². The molecule has 1 aromatic carbocycles. The second-order valence-corrected chi connectivity index (χ2v) is 7.14. The van der Waals surface area contributed by atoms with Gasteiger partial charge in [-0.1, -0.05) is 32.0 Å². The Balaban J connectivity index is 1.90. The summed E-state index contributed by atoms with van der Waals surface area (Å²) >= 11 is 0. The molecule has 1 aromatic heterocycles. The highest BCUT2D eigenvalue weighted by Gasteiger charge is 2.31. The van der Waals surface area contributed by atoms with Crippen molar-refractivity contribution < 1.29 is 9.90 Å². The van der Waals surface area contributed by atoms with Gasteiger partial charge in [-0.3, -0.25) is 4.79 Å². The van der Waals surface area contributed by atoms with Crippen molar-refractivity contribution in [1.29, 1.82) is 0 Å². The molecule has 128 valence electrons. The molecular formula is C19H25N3O2. The summed E-state index contributed by atoms with van der Waals surface area (Å²) in [5.74, 6) is 0.175. The molecule has 1 aliphatic rings. The van der Waals surface area contributed by atoms with Crippen LogP contribution in [0.25, 0.3) is 10.9 Å². The van der Waals surface area contributed by atoms with Crippen molar-refractivity contribution in [2.75, 3.05) is 13.1 Å². The first-order chi connectivity index (χ1) is 11.5. The number of carboxylic acids is 1. The van der Waals surface area contributed by atoms with E-state index in [0.717, 1.165) is 36.8 Å². The van der Waals surface area contributed by atoms with E-state index < -0.39 is 11.9 Å². The molecule has 0 bridgehead atoms. The third-order valence-electron chi connectivity index (χ3n) is 4.76. The number of carbonyl (C=O) groups is 1. The van der Waals surface area contributed by atoms with E-state index in [4.69, 9.17) is 4.98 Å². The van der Waals surface area contributed by atoms with Gasteiger partial charge in [-0.25, -0.2) is 9.97 Å². The highest BCUT2D eigenvalue weighted by atomic mass is 16.4. The Kier molecular flexibility index (Phi) is 5.09. The predicted octanol–water partition coefficient (Wildman–Crippen LogP) is 2.68. The molecule has 2 unspecified atom stereocenters. The van der Waals surface area contributed by atoms with Gasteiger partial charge in [0.25, 0.3) is 0 Å². The monoisotopic (exact) mass is 327 g/mol. The molecule has 0 radical (unpaired) electrons. The fourth-order valence-electron chi connectivity index (χ4n) is 3.53. The van der Waals surface area contributed by atoms with Gasteiger partial charge in [-0.05, 0) is 43.3 Å². The molecule has 24 heavy (non-hydrogen) atoms. The fraction of sp³-hybridized carbons (Fsp3) is 0.526. The smallest absolute Gasteiger partial charge is 0.307 e. The molecule has 2 atom stereocenters. The highest BCUT2D eigenvalue weighted by Crippen LogP contribution is 2.24. The van der Waals surface area contributed by atoms with Gasteiger partial charge in [0, 0.05) is 18.0 Å². The Morgan fingerprint density at radius 3 is 2.88 bits per heavy atom. The second-order valence-electron chi connectivity index (χ2n) is 7.14. The molecule has 1 aliphatic heterocycles. The lowest BCUT2D eigenvalue weighted by atomic mass is 9.88. The van der Waals surface area contributed by atoms with E-state index in [-0.39, 0.29) is 5.92 Å². The van der Waals surface area contributed by atoms with Crippen LogP contribution in [0.2, 0.25) is 0 Å². The summed E-state index contributed by atoms with van der Waals surface area (Å²) in [7, 11) is 0. The van der Waals surface area contributed by atoms with Gasteiger partial charge in [0.05, 0.1) is 11.4 Å². The molecule has 5 nitrogen and oxygen atoms in total. The predicted molar refractivity (Wildman–Crippen MR) is 93.9 cm³/mol. The second kappa shape index (κ2) is 7.26. The summed E-state index contributed by atoms with van der Waals surface area (Å²) in [6.07, 6.45) is 4.09. The maximum atomic E-state index is 11.7. The van der Waals surface area contributed by atoms with Gasteiger partial charge in [0.1, 0.15) is 5.82 Å². The topological polar surface area (TPSA) is 75.1 Å². The van der Waals surface area contributed by atoms with E-state index in [9.17, 15) is 9.90 Å². The van der Waals surface area contributed by atoms with Crippen molar-refractivity contribution in [2.24, 2.45) is 17.8 Å². The van der Waals surface area contributed by atoms with Gasteiger partial charge in [-0.2, -0.15) is 0 Å². The number of para-hydroxylation sites is 1. The number of rotatable bonds is 6. The van der Waals surface area contributed by atoms with Crippen molar-refractivity contribution in [2.45, 2.75) is 33.1 Å². The molecule has 0 amide bonds.